The maximum absolute atomic E-state index is 12.5. The van der Waals surface area contributed by atoms with Crippen LogP contribution in [0.25, 0.3) is 11.0 Å². The maximum Gasteiger partial charge on any atom is 0.246 e. The molecule has 0 atom stereocenters. The van der Waals surface area contributed by atoms with Gasteiger partial charge in [0.05, 0.1) is 31.0 Å². The molecule has 0 saturated carbocycles. The van der Waals surface area contributed by atoms with Crippen LogP contribution in [0.3, 0.4) is 0 Å². The summed E-state index contributed by atoms with van der Waals surface area (Å²) in [5.74, 6) is 0.715. The van der Waals surface area contributed by atoms with E-state index in [0.29, 0.717) is 16.6 Å². The Hall–Kier alpha value is -2.76. The van der Waals surface area contributed by atoms with Crippen molar-refractivity contribution in [3.8, 4) is 11.5 Å². The fraction of sp³-hybridized carbons (Fsp3) is 0.263. The van der Waals surface area contributed by atoms with Gasteiger partial charge in [-0.25, -0.2) is 17.7 Å². The summed E-state index contributed by atoms with van der Waals surface area (Å²) in [4.78, 5) is 19.9. The third-order valence-electron chi connectivity index (χ3n) is 4.21. The highest BCUT2D eigenvalue weighted by atomic mass is 32.2. The first kappa shape index (κ1) is 21.9. The fourth-order valence-electron chi connectivity index (χ4n) is 2.64. The minimum atomic E-state index is -3.73. The van der Waals surface area contributed by atoms with Crippen LogP contribution in [0.1, 0.15) is 0 Å². The van der Waals surface area contributed by atoms with E-state index in [2.05, 4.69) is 15.3 Å². The molecule has 0 saturated heterocycles. The van der Waals surface area contributed by atoms with Gasteiger partial charge in [0.1, 0.15) is 16.4 Å². The van der Waals surface area contributed by atoms with Gasteiger partial charge in [-0.05, 0) is 30.3 Å². The first-order valence-electron chi connectivity index (χ1n) is 8.81. The Kier molecular flexibility index (Phi) is 6.54. The summed E-state index contributed by atoms with van der Waals surface area (Å²) in [7, 11) is 2.11. The number of anilines is 1. The molecule has 0 radical (unpaired) electrons. The van der Waals surface area contributed by atoms with Crippen molar-refractivity contribution in [2.45, 2.75) is 10.1 Å². The highest BCUT2D eigenvalue weighted by molar-refractivity contribution is 7.99. The van der Waals surface area contributed by atoms with Crippen LogP contribution in [0, 0.1) is 0 Å². The first-order chi connectivity index (χ1) is 14.2. The molecule has 0 spiro atoms. The summed E-state index contributed by atoms with van der Waals surface area (Å²) >= 11 is 1.24. The molecule has 1 heterocycles. The number of carbonyl (C=O) groups excluding carboxylic acids is 1. The van der Waals surface area contributed by atoms with Gasteiger partial charge in [-0.2, -0.15) is 0 Å². The number of carbonyl (C=O) groups is 1. The van der Waals surface area contributed by atoms with Crippen molar-refractivity contribution in [2.75, 3.05) is 39.4 Å². The average molecular weight is 451 g/mol. The van der Waals surface area contributed by atoms with Gasteiger partial charge >= 0.3 is 0 Å². The Morgan fingerprint density at radius 1 is 1.17 bits per heavy atom. The van der Waals surface area contributed by atoms with E-state index in [4.69, 9.17) is 9.47 Å². The van der Waals surface area contributed by atoms with E-state index >= 15 is 0 Å². The lowest BCUT2D eigenvalue weighted by molar-refractivity contribution is -0.113. The van der Waals surface area contributed by atoms with Crippen LogP contribution in [0.2, 0.25) is 0 Å². The van der Waals surface area contributed by atoms with E-state index in [1.807, 2.05) is 18.2 Å². The zero-order valence-electron chi connectivity index (χ0n) is 16.9. The van der Waals surface area contributed by atoms with Crippen molar-refractivity contribution in [1.82, 2.24) is 14.3 Å². The van der Waals surface area contributed by atoms with Crippen molar-refractivity contribution >= 4 is 44.4 Å². The van der Waals surface area contributed by atoms with Gasteiger partial charge in [0, 0.05) is 25.8 Å². The zero-order chi connectivity index (χ0) is 21.9. The number of hydrogen-bond donors (Lipinski definition) is 2. The number of rotatable bonds is 8. The molecule has 1 amide bonds. The molecule has 0 fully saturated rings. The molecular weight excluding hydrogens is 428 g/mol. The number of methoxy groups -OCH3 is 2. The third kappa shape index (κ3) is 4.69. The van der Waals surface area contributed by atoms with E-state index in [1.165, 1.54) is 45.1 Å². The fourth-order valence-corrected chi connectivity index (χ4v) is 4.40. The number of fused-ring (bicyclic) bond motifs is 1. The normalized spacial score (nSPS) is 11.6. The summed E-state index contributed by atoms with van der Waals surface area (Å²) in [6, 6.07) is 9.95. The summed E-state index contributed by atoms with van der Waals surface area (Å²) in [5.41, 5.74) is 1.94. The van der Waals surface area contributed by atoms with Crippen LogP contribution in [-0.2, 0) is 14.8 Å². The number of sulfonamides is 1. The molecule has 0 unspecified atom stereocenters. The molecule has 0 aliphatic carbocycles. The van der Waals surface area contributed by atoms with Crippen LogP contribution >= 0.6 is 11.8 Å². The molecule has 3 rings (SSSR count). The molecule has 11 heteroatoms. The molecule has 2 N–H and O–H groups in total. The van der Waals surface area contributed by atoms with Gasteiger partial charge in [-0.15, -0.1) is 0 Å². The molecule has 30 heavy (non-hydrogen) atoms. The molecule has 3 aromatic rings. The second kappa shape index (κ2) is 8.94. The second-order valence-corrected chi connectivity index (χ2v) is 9.50. The van der Waals surface area contributed by atoms with Gasteiger partial charge in [-0.3, -0.25) is 4.79 Å². The number of aromatic nitrogens is 2. The van der Waals surface area contributed by atoms with E-state index in [-0.39, 0.29) is 22.3 Å². The summed E-state index contributed by atoms with van der Waals surface area (Å²) in [5, 5.41) is 3.30. The van der Waals surface area contributed by atoms with Gasteiger partial charge in [-0.1, -0.05) is 11.8 Å². The highest BCUT2D eigenvalue weighted by Crippen LogP contribution is 2.29. The van der Waals surface area contributed by atoms with Crippen LogP contribution in [0.4, 0.5) is 5.69 Å². The van der Waals surface area contributed by atoms with E-state index < -0.39 is 10.0 Å². The van der Waals surface area contributed by atoms with Crippen molar-refractivity contribution in [3.05, 3.63) is 36.4 Å². The Labute approximate surface area is 178 Å². The Morgan fingerprint density at radius 3 is 2.60 bits per heavy atom. The van der Waals surface area contributed by atoms with Crippen molar-refractivity contribution in [3.63, 3.8) is 0 Å². The lowest BCUT2D eigenvalue weighted by Gasteiger charge is -2.15. The number of H-pyrrole nitrogens is 1. The molecule has 0 bridgehead atoms. The van der Waals surface area contributed by atoms with Crippen molar-refractivity contribution in [2.24, 2.45) is 0 Å². The number of benzene rings is 2. The van der Waals surface area contributed by atoms with Crippen LogP contribution in [0.15, 0.2) is 46.5 Å². The zero-order valence-corrected chi connectivity index (χ0v) is 18.6. The summed E-state index contributed by atoms with van der Waals surface area (Å²) in [6.45, 7) is 0. The third-order valence-corrected chi connectivity index (χ3v) is 6.92. The second-order valence-electron chi connectivity index (χ2n) is 6.41. The largest absolute Gasteiger partial charge is 0.497 e. The smallest absolute Gasteiger partial charge is 0.246 e. The number of imidazole rings is 1. The predicted molar refractivity (Wildman–Crippen MR) is 116 cm³/mol. The van der Waals surface area contributed by atoms with Crippen molar-refractivity contribution < 1.29 is 22.7 Å². The van der Waals surface area contributed by atoms with Crippen LogP contribution < -0.4 is 14.8 Å². The summed E-state index contributed by atoms with van der Waals surface area (Å²) in [6.07, 6.45) is 0. The van der Waals surface area contributed by atoms with Crippen LogP contribution in [-0.4, -0.2) is 62.7 Å². The van der Waals surface area contributed by atoms with E-state index in [9.17, 15) is 13.2 Å². The first-order valence-corrected chi connectivity index (χ1v) is 11.2. The lowest BCUT2D eigenvalue weighted by atomic mass is 10.3. The number of ether oxygens (including phenoxy) is 2. The molecule has 160 valence electrons. The average Bonchev–Trinajstić information content (AvgIpc) is 3.14. The van der Waals surface area contributed by atoms with E-state index in [1.54, 1.807) is 13.2 Å². The van der Waals surface area contributed by atoms with Gasteiger partial charge in [0.15, 0.2) is 5.16 Å². The SMILES string of the molecule is COc1ccc2nc(SCC(=O)Nc3ccc(OC)c(S(=O)(=O)N(C)C)c3)[nH]c2c1. The number of aromatic amines is 1. The van der Waals surface area contributed by atoms with Gasteiger partial charge in [0.25, 0.3) is 0 Å². The standard InChI is InChI=1S/C19H22N4O5S2/c1-23(2)30(25,26)17-9-12(5-8-16(17)28-4)20-18(24)11-29-19-21-14-7-6-13(27-3)10-15(14)22-19/h5-10H,11H2,1-4H3,(H,20,24)(H,21,22). The van der Waals surface area contributed by atoms with Crippen molar-refractivity contribution in [1.29, 1.82) is 0 Å². The number of thioether (sulfide) groups is 1. The summed E-state index contributed by atoms with van der Waals surface area (Å²) < 4.78 is 36.4. The quantitative estimate of drug-likeness (QED) is 0.507. The Balaban J connectivity index is 1.70. The monoisotopic (exact) mass is 450 g/mol. The minimum Gasteiger partial charge on any atom is -0.497 e. The Morgan fingerprint density at radius 2 is 1.93 bits per heavy atom. The number of amides is 1. The molecule has 0 aliphatic rings. The number of nitrogens with one attached hydrogen (secondary N) is 2. The molecule has 2 aromatic carbocycles. The molecule has 9 nitrogen and oxygen atoms in total. The maximum atomic E-state index is 12.5. The Bertz CT molecular complexity index is 1170. The number of hydrogen-bond acceptors (Lipinski definition) is 7. The highest BCUT2D eigenvalue weighted by Gasteiger charge is 2.23. The van der Waals surface area contributed by atoms with Crippen LogP contribution in [0.5, 0.6) is 11.5 Å². The van der Waals surface area contributed by atoms with Gasteiger partial charge in [0.2, 0.25) is 15.9 Å². The minimum absolute atomic E-state index is 0.0216. The molecule has 1 aromatic heterocycles. The van der Waals surface area contributed by atoms with E-state index in [0.717, 1.165) is 15.3 Å². The van der Waals surface area contributed by atoms with Gasteiger partial charge < -0.3 is 19.8 Å². The molecular formula is C19H22N4O5S2. The predicted octanol–water partition coefficient (Wildman–Crippen LogP) is 2.56. The molecule has 0 aliphatic heterocycles. The lowest BCUT2D eigenvalue weighted by Crippen LogP contribution is -2.23. The topological polar surface area (TPSA) is 114 Å². The number of nitrogens with zero attached hydrogens (tertiary/aromatic N) is 2.